The minimum atomic E-state index is -1.17. The molecule has 0 aromatic carbocycles. The van der Waals surface area contributed by atoms with Crippen LogP contribution in [0.25, 0.3) is 0 Å². The lowest BCUT2D eigenvalue weighted by molar-refractivity contribution is -0.140. The largest absolute Gasteiger partial charge is 0.480 e. The van der Waals surface area contributed by atoms with Gasteiger partial charge in [-0.2, -0.15) is 0 Å². The summed E-state index contributed by atoms with van der Waals surface area (Å²) in [5, 5.41) is 11.3. The first kappa shape index (κ1) is 14.2. The highest BCUT2D eigenvalue weighted by Crippen LogP contribution is 2.21. The third kappa shape index (κ3) is 3.89. The summed E-state index contributed by atoms with van der Waals surface area (Å²) in [4.78, 5) is 25.0. The molecular formula is C12H19N3O3. The molecule has 6 nitrogen and oxygen atoms in total. The van der Waals surface area contributed by atoms with Crippen LogP contribution in [0.5, 0.6) is 0 Å². The average Bonchev–Trinajstić information content (AvgIpc) is 2.80. The molecule has 1 atom stereocenters. The van der Waals surface area contributed by atoms with E-state index in [9.17, 15) is 9.59 Å². The molecule has 1 unspecified atom stereocenters. The van der Waals surface area contributed by atoms with Gasteiger partial charge in [0.05, 0.1) is 6.42 Å². The van der Waals surface area contributed by atoms with Crippen LogP contribution in [0.15, 0.2) is 18.5 Å². The number of carbonyl (C=O) groups is 2. The summed E-state index contributed by atoms with van der Waals surface area (Å²) < 4.78 is 0. The van der Waals surface area contributed by atoms with Gasteiger partial charge in [0, 0.05) is 24.4 Å². The van der Waals surface area contributed by atoms with Crippen LogP contribution < -0.4 is 11.1 Å². The number of amides is 1. The number of hydrogen-bond donors (Lipinski definition) is 4. The number of carboxylic acids is 1. The van der Waals surface area contributed by atoms with E-state index in [1.807, 2.05) is 32.3 Å². The number of carboxylic acid groups (broad SMARTS) is 1. The summed E-state index contributed by atoms with van der Waals surface area (Å²) in [5.41, 5.74) is 6.14. The van der Waals surface area contributed by atoms with Crippen molar-refractivity contribution in [2.24, 2.45) is 5.73 Å². The molecule has 1 heterocycles. The fourth-order valence-corrected chi connectivity index (χ4v) is 1.53. The predicted octanol–water partition coefficient (Wildman–Crippen LogP) is 0.211. The van der Waals surface area contributed by atoms with Crippen molar-refractivity contribution >= 4 is 11.9 Å². The Morgan fingerprint density at radius 2 is 2.22 bits per heavy atom. The lowest BCUT2D eigenvalue weighted by atomic mass is 9.86. The second-order valence-corrected chi connectivity index (χ2v) is 4.91. The molecule has 0 aliphatic heterocycles. The Bertz CT molecular complexity index is 412. The van der Waals surface area contributed by atoms with E-state index in [0.717, 1.165) is 5.56 Å². The zero-order valence-corrected chi connectivity index (χ0v) is 10.6. The minimum absolute atomic E-state index is 0.210. The van der Waals surface area contributed by atoms with Crippen LogP contribution in [0, 0.1) is 0 Å². The summed E-state index contributed by atoms with van der Waals surface area (Å²) in [6, 6.07) is 0.787. The summed E-state index contributed by atoms with van der Waals surface area (Å²) in [6.45, 7) is 4.41. The zero-order chi connectivity index (χ0) is 13.8. The van der Waals surface area contributed by atoms with Crippen molar-refractivity contribution in [2.45, 2.75) is 31.7 Å². The Morgan fingerprint density at radius 1 is 1.56 bits per heavy atom. The van der Waals surface area contributed by atoms with Crippen molar-refractivity contribution in [3.8, 4) is 0 Å². The van der Waals surface area contributed by atoms with Crippen molar-refractivity contribution in [3.05, 3.63) is 24.0 Å². The standard InChI is InChI=1S/C12H19N3O3/c1-12(2,8-3-4-14-6-8)7-15-10(16)5-9(13)11(17)18/h3-4,6,9,14H,5,7,13H2,1-2H3,(H,15,16)(H,17,18). The summed E-state index contributed by atoms with van der Waals surface area (Å²) in [6.07, 6.45) is 3.48. The fraction of sp³-hybridized carbons (Fsp3) is 0.500. The fourth-order valence-electron chi connectivity index (χ4n) is 1.53. The highest BCUT2D eigenvalue weighted by molar-refractivity contribution is 5.84. The third-order valence-electron chi connectivity index (χ3n) is 2.83. The second-order valence-electron chi connectivity index (χ2n) is 4.91. The number of rotatable bonds is 6. The van der Waals surface area contributed by atoms with Gasteiger partial charge >= 0.3 is 5.97 Å². The molecule has 1 aromatic heterocycles. The van der Waals surface area contributed by atoms with Gasteiger partial charge in [0.25, 0.3) is 0 Å². The molecular weight excluding hydrogens is 234 g/mol. The van der Waals surface area contributed by atoms with Crippen LogP contribution in [0.4, 0.5) is 0 Å². The van der Waals surface area contributed by atoms with Gasteiger partial charge in [0.15, 0.2) is 0 Å². The van der Waals surface area contributed by atoms with Crippen LogP contribution in [0.1, 0.15) is 25.8 Å². The quantitative estimate of drug-likeness (QED) is 0.581. The SMILES string of the molecule is CC(C)(CNC(=O)CC(N)C(=O)O)c1cc[nH]c1. The molecule has 0 aliphatic carbocycles. The van der Waals surface area contributed by atoms with Gasteiger partial charge in [-0.05, 0) is 11.6 Å². The van der Waals surface area contributed by atoms with Crippen LogP contribution >= 0.6 is 0 Å². The molecule has 1 rings (SSSR count). The normalized spacial score (nSPS) is 13.1. The predicted molar refractivity (Wildman–Crippen MR) is 67.1 cm³/mol. The van der Waals surface area contributed by atoms with Gasteiger partial charge in [-0.15, -0.1) is 0 Å². The molecule has 100 valence electrons. The van der Waals surface area contributed by atoms with E-state index in [1.165, 1.54) is 0 Å². The van der Waals surface area contributed by atoms with Crippen LogP contribution in [0.2, 0.25) is 0 Å². The Kier molecular flexibility index (Phi) is 4.49. The summed E-state index contributed by atoms with van der Waals surface area (Å²) >= 11 is 0. The Balaban J connectivity index is 2.45. The van der Waals surface area contributed by atoms with Crippen LogP contribution in [0.3, 0.4) is 0 Å². The number of aromatic amines is 1. The van der Waals surface area contributed by atoms with E-state index in [0.29, 0.717) is 6.54 Å². The van der Waals surface area contributed by atoms with Gasteiger partial charge < -0.3 is 21.1 Å². The van der Waals surface area contributed by atoms with Crippen LogP contribution in [-0.4, -0.2) is 34.6 Å². The number of aromatic nitrogens is 1. The number of H-pyrrole nitrogens is 1. The number of nitrogens with one attached hydrogen (secondary N) is 2. The molecule has 1 amide bonds. The van der Waals surface area contributed by atoms with E-state index in [-0.39, 0.29) is 17.7 Å². The molecule has 0 bridgehead atoms. The summed E-state index contributed by atoms with van der Waals surface area (Å²) in [7, 11) is 0. The van der Waals surface area contributed by atoms with E-state index >= 15 is 0 Å². The van der Waals surface area contributed by atoms with E-state index in [1.54, 1.807) is 0 Å². The van der Waals surface area contributed by atoms with Gasteiger partial charge in [0.2, 0.25) is 5.91 Å². The summed E-state index contributed by atoms with van der Waals surface area (Å²) in [5.74, 6) is -1.52. The molecule has 0 saturated carbocycles. The molecule has 5 N–H and O–H groups in total. The molecule has 0 aliphatic rings. The van der Waals surface area contributed by atoms with Gasteiger partial charge in [-0.3, -0.25) is 9.59 Å². The topological polar surface area (TPSA) is 108 Å². The number of hydrogen-bond acceptors (Lipinski definition) is 3. The van der Waals surface area contributed by atoms with Crippen LogP contribution in [-0.2, 0) is 15.0 Å². The van der Waals surface area contributed by atoms with Gasteiger partial charge in [-0.25, -0.2) is 0 Å². The molecule has 0 saturated heterocycles. The first-order chi connectivity index (χ1) is 8.33. The maximum Gasteiger partial charge on any atom is 0.321 e. The maximum atomic E-state index is 11.5. The first-order valence-electron chi connectivity index (χ1n) is 5.71. The van der Waals surface area contributed by atoms with Gasteiger partial charge in [-0.1, -0.05) is 13.8 Å². The average molecular weight is 253 g/mol. The molecule has 0 spiro atoms. The van der Waals surface area contributed by atoms with Crippen molar-refractivity contribution in [3.63, 3.8) is 0 Å². The lowest BCUT2D eigenvalue weighted by Gasteiger charge is -2.24. The first-order valence-corrected chi connectivity index (χ1v) is 5.71. The molecule has 0 fully saturated rings. The second kappa shape index (κ2) is 5.68. The molecule has 18 heavy (non-hydrogen) atoms. The highest BCUT2D eigenvalue weighted by atomic mass is 16.4. The number of carbonyl (C=O) groups excluding carboxylic acids is 1. The van der Waals surface area contributed by atoms with Crippen molar-refractivity contribution in [1.29, 1.82) is 0 Å². The lowest BCUT2D eigenvalue weighted by Crippen LogP contribution is -2.41. The van der Waals surface area contributed by atoms with E-state index in [2.05, 4.69) is 10.3 Å². The Morgan fingerprint density at radius 3 is 2.72 bits per heavy atom. The van der Waals surface area contributed by atoms with Crippen molar-refractivity contribution in [1.82, 2.24) is 10.3 Å². The van der Waals surface area contributed by atoms with E-state index in [4.69, 9.17) is 10.8 Å². The number of nitrogens with two attached hydrogens (primary N) is 1. The van der Waals surface area contributed by atoms with E-state index < -0.39 is 12.0 Å². The smallest absolute Gasteiger partial charge is 0.321 e. The molecule has 1 aromatic rings. The Labute approximate surface area is 106 Å². The molecule has 6 heteroatoms. The maximum absolute atomic E-state index is 11.5. The Hall–Kier alpha value is -1.82. The zero-order valence-electron chi connectivity index (χ0n) is 10.6. The van der Waals surface area contributed by atoms with Gasteiger partial charge in [0.1, 0.15) is 6.04 Å². The highest BCUT2D eigenvalue weighted by Gasteiger charge is 2.23. The molecule has 0 radical (unpaired) electrons. The third-order valence-corrected chi connectivity index (χ3v) is 2.83. The number of aliphatic carboxylic acids is 1. The van der Waals surface area contributed by atoms with Crippen molar-refractivity contribution in [2.75, 3.05) is 6.54 Å². The monoisotopic (exact) mass is 253 g/mol. The minimum Gasteiger partial charge on any atom is -0.480 e. The van der Waals surface area contributed by atoms with Crippen molar-refractivity contribution < 1.29 is 14.7 Å².